The number of rotatable bonds is 5. The van der Waals surface area contributed by atoms with Crippen LogP contribution in [0.3, 0.4) is 0 Å². The van der Waals surface area contributed by atoms with Gasteiger partial charge < -0.3 is 20.3 Å². The van der Waals surface area contributed by atoms with Gasteiger partial charge in [-0.3, -0.25) is 0 Å². The molecular weight excluding hydrogens is 344 g/mol. The number of hydrogen-bond donors (Lipinski definition) is 2. The lowest BCUT2D eigenvalue weighted by Crippen LogP contribution is -2.37. The summed E-state index contributed by atoms with van der Waals surface area (Å²) in [6.45, 7) is 4.01. The molecule has 0 amide bonds. The van der Waals surface area contributed by atoms with Gasteiger partial charge >= 0.3 is 0 Å². The molecule has 0 bridgehead atoms. The van der Waals surface area contributed by atoms with Gasteiger partial charge in [0.25, 0.3) is 0 Å². The monoisotopic (exact) mass is 370 g/mol. The minimum Gasteiger partial charge on any atom is -0.497 e. The van der Waals surface area contributed by atoms with E-state index >= 15 is 0 Å². The fraction of sp³-hybridized carbons (Fsp3) is 0.400. The van der Waals surface area contributed by atoms with Gasteiger partial charge in [-0.25, -0.2) is 4.98 Å². The largest absolute Gasteiger partial charge is 0.497 e. The molecule has 2 N–H and O–H groups in total. The average Bonchev–Trinajstić information content (AvgIpc) is 2.68. The standard InChI is InChI=1S/C20H26N4OS/c1-15-5-3-4-12-24(15)19-11-8-17(14-21-19)23-20(26)22-13-16-6-9-18(25-2)10-7-16/h6-11,14-15H,3-5,12-13H2,1-2H3,(H2,22,23,26). The Bertz CT molecular complexity index is 718. The van der Waals surface area contributed by atoms with Crippen molar-refractivity contribution in [2.45, 2.75) is 38.8 Å². The number of thiocarbonyl (C=S) groups is 1. The molecule has 0 spiro atoms. The van der Waals surface area contributed by atoms with Crippen molar-refractivity contribution in [3.63, 3.8) is 0 Å². The molecule has 1 unspecified atom stereocenters. The van der Waals surface area contributed by atoms with Crippen LogP contribution in [0, 0.1) is 0 Å². The van der Waals surface area contributed by atoms with Crippen LogP contribution in [0.4, 0.5) is 11.5 Å². The van der Waals surface area contributed by atoms with Gasteiger partial charge in [-0.05, 0) is 68.2 Å². The summed E-state index contributed by atoms with van der Waals surface area (Å²) in [7, 11) is 1.66. The number of ether oxygens (including phenoxy) is 1. The number of aromatic nitrogens is 1. The first kappa shape index (κ1) is 18.5. The van der Waals surface area contributed by atoms with E-state index in [1.54, 1.807) is 7.11 Å². The molecule has 1 atom stereocenters. The number of hydrogen-bond acceptors (Lipinski definition) is 4. The third kappa shape index (κ3) is 4.85. The van der Waals surface area contributed by atoms with Crippen LogP contribution in [0.25, 0.3) is 0 Å². The van der Waals surface area contributed by atoms with E-state index in [4.69, 9.17) is 17.0 Å². The van der Waals surface area contributed by atoms with Crippen molar-refractivity contribution >= 4 is 28.8 Å². The molecule has 0 radical (unpaired) electrons. The van der Waals surface area contributed by atoms with Crippen molar-refractivity contribution in [3.05, 3.63) is 48.2 Å². The number of benzene rings is 1. The Balaban J connectivity index is 1.50. The first-order valence-electron chi connectivity index (χ1n) is 9.06. The van der Waals surface area contributed by atoms with Crippen molar-refractivity contribution in [1.29, 1.82) is 0 Å². The zero-order valence-electron chi connectivity index (χ0n) is 15.4. The highest BCUT2D eigenvalue weighted by atomic mass is 32.1. The van der Waals surface area contributed by atoms with Crippen molar-refractivity contribution < 1.29 is 4.74 Å². The molecule has 1 aromatic heterocycles. The minimum absolute atomic E-state index is 0.558. The van der Waals surface area contributed by atoms with E-state index in [0.717, 1.165) is 29.4 Å². The maximum atomic E-state index is 5.38. The number of methoxy groups -OCH3 is 1. The molecule has 6 heteroatoms. The van der Waals surface area contributed by atoms with Gasteiger partial charge in [0.15, 0.2) is 5.11 Å². The molecule has 1 saturated heterocycles. The minimum atomic E-state index is 0.558. The summed E-state index contributed by atoms with van der Waals surface area (Å²) in [5.74, 6) is 1.89. The fourth-order valence-electron chi connectivity index (χ4n) is 3.17. The van der Waals surface area contributed by atoms with Crippen molar-refractivity contribution in [2.24, 2.45) is 0 Å². The van der Waals surface area contributed by atoms with Crippen molar-refractivity contribution in [1.82, 2.24) is 10.3 Å². The predicted octanol–water partition coefficient (Wildman–Crippen LogP) is 3.96. The van der Waals surface area contributed by atoms with E-state index in [-0.39, 0.29) is 0 Å². The highest BCUT2D eigenvalue weighted by Gasteiger charge is 2.19. The second kappa shape index (κ2) is 8.85. The maximum absolute atomic E-state index is 5.38. The van der Waals surface area contributed by atoms with Gasteiger partial charge in [-0.1, -0.05) is 12.1 Å². The van der Waals surface area contributed by atoms with Crippen LogP contribution in [0.1, 0.15) is 31.7 Å². The average molecular weight is 371 g/mol. The quantitative estimate of drug-likeness (QED) is 0.777. The Morgan fingerprint density at radius 2 is 2.04 bits per heavy atom. The number of piperidine rings is 1. The van der Waals surface area contributed by atoms with Crippen molar-refractivity contribution in [2.75, 3.05) is 23.9 Å². The van der Waals surface area contributed by atoms with Gasteiger partial charge in [0.05, 0.1) is 19.0 Å². The van der Waals surface area contributed by atoms with Gasteiger partial charge in [0.2, 0.25) is 0 Å². The van der Waals surface area contributed by atoms with E-state index in [0.29, 0.717) is 17.7 Å². The Labute approximate surface area is 160 Å². The van der Waals surface area contributed by atoms with Crippen LogP contribution in [-0.4, -0.2) is 29.8 Å². The summed E-state index contributed by atoms with van der Waals surface area (Å²) in [6.07, 6.45) is 5.63. The summed E-state index contributed by atoms with van der Waals surface area (Å²) in [6, 6.07) is 12.6. The van der Waals surface area contributed by atoms with Crippen LogP contribution in [0.5, 0.6) is 5.75 Å². The number of nitrogens with one attached hydrogen (secondary N) is 2. The number of nitrogens with zero attached hydrogens (tertiary/aromatic N) is 2. The van der Waals surface area contributed by atoms with Crippen LogP contribution >= 0.6 is 12.2 Å². The van der Waals surface area contributed by atoms with Gasteiger partial charge in [0.1, 0.15) is 11.6 Å². The molecule has 5 nitrogen and oxygen atoms in total. The van der Waals surface area contributed by atoms with E-state index in [1.807, 2.05) is 36.5 Å². The Hall–Kier alpha value is -2.34. The number of anilines is 2. The predicted molar refractivity (Wildman–Crippen MR) is 111 cm³/mol. The molecule has 1 fully saturated rings. The first-order valence-corrected chi connectivity index (χ1v) is 9.47. The second-order valence-electron chi connectivity index (χ2n) is 6.60. The molecular formula is C20H26N4OS. The topological polar surface area (TPSA) is 49.4 Å². The third-order valence-corrected chi connectivity index (χ3v) is 4.96. The maximum Gasteiger partial charge on any atom is 0.171 e. The van der Waals surface area contributed by atoms with Gasteiger partial charge in [-0.15, -0.1) is 0 Å². The summed E-state index contributed by atoms with van der Waals surface area (Å²) < 4.78 is 5.16. The Morgan fingerprint density at radius 1 is 1.23 bits per heavy atom. The van der Waals surface area contributed by atoms with Gasteiger partial charge in [-0.2, -0.15) is 0 Å². The van der Waals surface area contributed by atoms with Crippen LogP contribution in [0.15, 0.2) is 42.6 Å². The van der Waals surface area contributed by atoms with E-state index in [1.165, 1.54) is 19.3 Å². The smallest absolute Gasteiger partial charge is 0.171 e. The molecule has 1 aliphatic heterocycles. The molecule has 138 valence electrons. The summed E-state index contributed by atoms with van der Waals surface area (Å²) in [5.41, 5.74) is 2.04. The molecule has 2 aromatic rings. The lowest BCUT2D eigenvalue weighted by molar-refractivity contribution is 0.414. The van der Waals surface area contributed by atoms with E-state index in [9.17, 15) is 0 Å². The van der Waals surface area contributed by atoms with Gasteiger partial charge in [0, 0.05) is 19.1 Å². The zero-order valence-corrected chi connectivity index (χ0v) is 16.2. The van der Waals surface area contributed by atoms with Crippen molar-refractivity contribution in [3.8, 4) is 5.75 Å². The molecule has 3 rings (SSSR count). The summed E-state index contributed by atoms with van der Waals surface area (Å²) >= 11 is 5.38. The summed E-state index contributed by atoms with van der Waals surface area (Å²) in [4.78, 5) is 6.99. The lowest BCUT2D eigenvalue weighted by atomic mass is 10.0. The lowest BCUT2D eigenvalue weighted by Gasteiger charge is -2.34. The molecule has 26 heavy (non-hydrogen) atoms. The first-order chi connectivity index (χ1) is 12.7. The van der Waals surface area contributed by atoms with E-state index in [2.05, 4.69) is 33.5 Å². The van der Waals surface area contributed by atoms with Crippen LogP contribution in [-0.2, 0) is 6.54 Å². The highest BCUT2D eigenvalue weighted by molar-refractivity contribution is 7.80. The molecule has 0 saturated carbocycles. The summed E-state index contributed by atoms with van der Waals surface area (Å²) in [5, 5.41) is 6.99. The molecule has 1 aliphatic rings. The Kier molecular flexibility index (Phi) is 6.28. The Morgan fingerprint density at radius 3 is 2.69 bits per heavy atom. The highest BCUT2D eigenvalue weighted by Crippen LogP contribution is 2.23. The third-order valence-electron chi connectivity index (χ3n) is 4.72. The zero-order chi connectivity index (χ0) is 18.4. The SMILES string of the molecule is COc1ccc(CNC(=S)Nc2ccc(N3CCCCC3C)nc2)cc1. The normalized spacial score (nSPS) is 16.8. The molecule has 1 aromatic carbocycles. The van der Waals surface area contributed by atoms with Crippen LogP contribution in [0.2, 0.25) is 0 Å². The molecule has 2 heterocycles. The fourth-order valence-corrected chi connectivity index (χ4v) is 3.36. The number of pyridine rings is 1. The van der Waals surface area contributed by atoms with E-state index < -0.39 is 0 Å². The van der Waals surface area contributed by atoms with Crippen LogP contribution < -0.4 is 20.3 Å². The molecule has 0 aliphatic carbocycles. The second-order valence-corrected chi connectivity index (χ2v) is 7.01.